The van der Waals surface area contributed by atoms with Gasteiger partial charge in [0.1, 0.15) is 0 Å². The van der Waals surface area contributed by atoms with E-state index in [4.69, 9.17) is 0 Å². The first-order chi connectivity index (χ1) is 15.1. The summed E-state index contributed by atoms with van der Waals surface area (Å²) in [5, 5.41) is 2.79. The van der Waals surface area contributed by atoms with Crippen LogP contribution in [0.1, 0.15) is 51.3 Å². The third kappa shape index (κ3) is 7.10. The summed E-state index contributed by atoms with van der Waals surface area (Å²) in [6.45, 7) is 7.88. The summed E-state index contributed by atoms with van der Waals surface area (Å²) in [7, 11) is -4.32. The van der Waals surface area contributed by atoms with Gasteiger partial charge in [0.2, 0.25) is 26.0 Å². The third-order valence-electron chi connectivity index (χ3n) is 5.21. The Hall–Kier alpha value is -2.27. The lowest BCUT2D eigenvalue weighted by Crippen LogP contribution is -2.32. The summed E-state index contributed by atoms with van der Waals surface area (Å²) in [6, 6.07) is 12.6. The maximum Gasteiger partial charge on any atom is 0.242 e. The minimum Gasteiger partial charge on any atom is -0.350 e. The van der Waals surface area contributed by atoms with Gasteiger partial charge in [-0.3, -0.25) is 4.79 Å². The van der Waals surface area contributed by atoms with Crippen LogP contribution in [0.4, 0.5) is 0 Å². The summed E-state index contributed by atoms with van der Waals surface area (Å²) < 4.78 is 52.9. The van der Waals surface area contributed by atoms with Gasteiger partial charge < -0.3 is 5.32 Å². The van der Waals surface area contributed by atoms with Crippen molar-refractivity contribution in [1.29, 1.82) is 0 Å². The summed E-state index contributed by atoms with van der Waals surface area (Å²) in [4.78, 5) is 12.6. The van der Waals surface area contributed by atoms with Gasteiger partial charge in [0.15, 0.2) is 0 Å². The molecule has 2 aromatic carbocycles. The highest BCUT2D eigenvalue weighted by molar-refractivity contribution is 7.89. The number of nitrogens with one attached hydrogen (secondary N) is 2. The van der Waals surface area contributed by atoms with Gasteiger partial charge >= 0.3 is 0 Å². The topological polar surface area (TPSA) is 113 Å². The smallest absolute Gasteiger partial charge is 0.242 e. The van der Waals surface area contributed by atoms with Gasteiger partial charge in [-0.15, -0.1) is 0 Å². The van der Waals surface area contributed by atoms with Crippen molar-refractivity contribution in [2.24, 2.45) is 0 Å². The van der Waals surface area contributed by atoms with Crippen LogP contribution < -0.4 is 10.0 Å². The molecule has 0 saturated carbocycles. The van der Waals surface area contributed by atoms with E-state index in [0.29, 0.717) is 0 Å². The summed E-state index contributed by atoms with van der Waals surface area (Å²) in [5.41, 5.74) is 1.69. The Morgan fingerprint density at radius 3 is 1.91 bits per heavy atom. The van der Waals surface area contributed by atoms with Crippen molar-refractivity contribution < 1.29 is 21.6 Å². The van der Waals surface area contributed by atoms with Crippen LogP contribution in [-0.4, -0.2) is 47.7 Å². The normalized spacial score (nSPS) is 13.7. The molecule has 0 heterocycles. The number of nitrogens with zero attached hydrogens (tertiary/aromatic N) is 1. The summed E-state index contributed by atoms with van der Waals surface area (Å²) >= 11 is 0. The molecule has 8 nitrogen and oxygen atoms in total. The predicted octanol–water partition coefficient (Wildman–Crippen LogP) is 2.78. The van der Waals surface area contributed by atoms with Crippen molar-refractivity contribution in [2.45, 2.75) is 55.4 Å². The Bertz CT molecular complexity index is 1170. The Morgan fingerprint density at radius 2 is 1.42 bits per heavy atom. The quantitative estimate of drug-likeness (QED) is 0.555. The van der Waals surface area contributed by atoms with Gasteiger partial charge in [0, 0.05) is 27.1 Å². The van der Waals surface area contributed by atoms with E-state index in [1.807, 2.05) is 0 Å². The molecule has 10 heteroatoms. The van der Waals surface area contributed by atoms with Crippen molar-refractivity contribution in [1.82, 2.24) is 14.3 Å². The molecular formula is C23H33N3O5S2. The SMILES string of the molecule is CC(NC(=O)CCNS(=O)(=O)c1ccc(C(C)(C)C)cc1)c1ccc(S(=O)(=O)N(C)C)cc1. The van der Waals surface area contributed by atoms with Crippen LogP contribution in [0, 0.1) is 0 Å². The van der Waals surface area contributed by atoms with Crippen LogP contribution in [0.5, 0.6) is 0 Å². The molecule has 2 rings (SSSR count). The minimum atomic E-state index is -3.72. The largest absolute Gasteiger partial charge is 0.350 e. The lowest BCUT2D eigenvalue weighted by atomic mass is 9.87. The highest BCUT2D eigenvalue weighted by Gasteiger charge is 2.19. The molecule has 0 bridgehead atoms. The first-order valence-corrected chi connectivity index (χ1v) is 13.5. The summed E-state index contributed by atoms with van der Waals surface area (Å²) in [5.74, 6) is -0.321. The van der Waals surface area contributed by atoms with E-state index in [1.54, 1.807) is 43.3 Å². The lowest BCUT2D eigenvalue weighted by Gasteiger charge is -2.19. The van der Waals surface area contributed by atoms with Gasteiger partial charge in [-0.1, -0.05) is 45.0 Å². The molecule has 33 heavy (non-hydrogen) atoms. The number of rotatable bonds is 9. The molecule has 1 unspecified atom stereocenters. The van der Waals surface area contributed by atoms with E-state index in [1.165, 1.54) is 26.2 Å². The molecule has 0 aliphatic heterocycles. The number of hydrogen-bond acceptors (Lipinski definition) is 5. The number of carbonyl (C=O) groups excluding carboxylic acids is 1. The fraction of sp³-hybridized carbons (Fsp3) is 0.435. The van der Waals surface area contributed by atoms with Gasteiger partial charge in [0.25, 0.3) is 0 Å². The lowest BCUT2D eigenvalue weighted by molar-refractivity contribution is -0.121. The third-order valence-corrected chi connectivity index (χ3v) is 8.52. The molecule has 0 saturated heterocycles. The molecule has 0 fully saturated rings. The number of amides is 1. The number of benzene rings is 2. The Morgan fingerprint density at radius 1 is 0.909 bits per heavy atom. The number of sulfonamides is 2. The van der Waals surface area contributed by atoms with Crippen molar-refractivity contribution >= 4 is 26.0 Å². The van der Waals surface area contributed by atoms with Crippen molar-refractivity contribution in [3.8, 4) is 0 Å². The molecule has 0 aliphatic carbocycles. The van der Waals surface area contributed by atoms with Crippen LogP contribution in [-0.2, 0) is 30.3 Å². The van der Waals surface area contributed by atoms with Gasteiger partial charge in [0.05, 0.1) is 15.8 Å². The molecule has 1 amide bonds. The molecule has 0 aliphatic rings. The molecular weight excluding hydrogens is 462 g/mol. The van der Waals surface area contributed by atoms with Crippen molar-refractivity contribution in [3.63, 3.8) is 0 Å². The monoisotopic (exact) mass is 495 g/mol. The highest BCUT2D eigenvalue weighted by Crippen LogP contribution is 2.23. The zero-order valence-electron chi connectivity index (χ0n) is 19.9. The average Bonchev–Trinajstić information content (AvgIpc) is 2.73. The standard InChI is InChI=1S/C23H33N3O5S2/c1-17(18-7-11-21(12-8-18)33(30,31)26(5)6)25-22(27)15-16-24-32(28,29)20-13-9-19(10-14-20)23(2,3)4/h7-14,17,24H,15-16H2,1-6H3,(H,25,27). The van der Waals surface area contributed by atoms with Gasteiger partial charge in [-0.05, 0) is 47.7 Å². The van der Waals surface area contributed by atoms with Crippen molar-refractivity contribution in [2.75, 3.05) is 20.6 Å². The molecule has 2 aromatic rings. The molecule has 0 spiro atoms. The van der Waals surface area contributed by atoms with E-state index >= 15 is 0 Å². The highest BCUT2D eigenvalue weighted by atomic mass is 32.2. The molecule has 0 radical (unpaired) electrons. The van der Waals surface area contributed by atoms with Crippen molar-refractivity contribution in [3.05, 3.63) is 59.7 Å². The molecule has 0 aromatic heterocycles. The number of carbonyl (C=O) groups is 1. The van der Waals surface area contributed by atoms with E-state index in [0.717, 1.165) is 15.4 Å². The maximum absolute atomic E-state index is 12.5. The number of hydrogen-bond donors (Lipinski definition) is 2. The predicted molar refractivity (Wildman–Crippen MR) is 129 cm³/mol. The van der Waals surface area contributed by atoms with Gasteiger partial charge in [-0.25, -0.2) is 25.9 Å². The van der Waals surface area contributed by atoms with Crippen LogP contribution in [0.2, 0.25) is 0 Å². The van der Waals surface area contributed by atoms with Crippen LogP contribution in [0.25, 0.3) is 0 Å². The second-order valence-corrected chi connectivity index (χ2v) is 13.0. The van der Waals surface area contributed by atoms with E-state index < -0.39 is 20.0 Å². The van der Waals surface area contributed by atoms with Crippen LogP contribution in [0.3, 0.4) is 0 Å². The van der Waals surface area contributed by atoms with E-state index in [2.05, 4.69) is 30.8 Å². The Labute approximate surface area is 197 Å². The Kier molecular flexibility index (Phi) is 8.45. The average molecular weight is 496 g/mol. The minimum absolute atomic E-state index is 0.0310. The van der Waals surface area contributed by atoms with E-state index in [-0.39, 0.29) is 40.1 Å². The maximum atomic E-state index is 12.5. The molecule has 182 valence electrons. The first-order valence-electron chi connectivity index (χ1n) is 10.6. The Balaban J connectivity index is 1.91. The van der Waals surface area contributed by atoms with Crippen LogP contribution in [0.15, 0.2) is 58.3 Å². The van der Waals surface area contributed by atoms with E-state index in [9.17, 15) is 21.6 Å². The first kappa shape index (κ1) is 27.0. The van der Waals surface area contributed by atoms with Crippen LogP contribution >= 0.6 is 0 Å². The second kappa shape index (κ2) is 10.3. The molecule has 2 N–H and O–H groups in total. The second-order valence-electron chi connectivity index (χ2n) is 9.07. The van der Waals surface area contributed by atoms with Gasteiger partial charge in [-0.2, -0.15) is 0 Å². The fourth-order valence-electron chi connectivity index (χ4n) is 3.05. The molecule has 1 atom stereocenters. The zero-order chi connectivity index (χ0) is 25.0. The summed E-state index contributed by atoms with van der Waals surface area (Å²) in [6.07, 6.45) is -0.0310. The fourth-order valence-corrected chi connectivity index (χ4v) is 4.99. The zero-order valence-corrected chi connectivity index (χ0v) is 21.5.